The smallest absolute Gasteiger partial charge is 0.0167 e. The summed E-state index contributed by atoms with van der Waals surface area (Å²) < 4.78 is 0. The minimum atomic E-state index is 0. The van der Waals surface area contributed by atoms with Crippen molar-refractivity contribution in [2.45, 2.75) is 13.8 Å². The fourth-order valence-corrected chi connectivity index (χ4v) is 3.15. The Balaban J connectivity index is 0.00000132. The first-order valence-corrected chi connectivity index (χ1v) is 6.84. The molecule has 0 spiro atoms. The number of fused-ring (bicyclic) bond motifs is 2. The molecule has 0 amide bonds. The zero-order valence-corrected chi connectivity index (χ0v) is 14.3. The molecular weight excluding hydrogens is 434 g/mol. The van der Waals surface area contributed by atoms with E-state index in [0.29, 0.717) is 0 Å². The molecule has 0 aliphatic rings. The third-order valence-electron chi connectivity index (χ3n) is 3.92. The van der Waals surface area contributed by atoms with Gasteiger partial charge in [0.1, 0.15) is 0 Å². The average molecular weight is 449 g/mol. The summed E-state index contributed by atoms with van der Waals surface area (Å²) in [5.41, 5.74) is 2.38. The van der Waals surface area contributed by atoms with E-state index in [4.69, 9.17) is 0 Å². The van der Waals surface area contributed by atoms with Crippen LogP contribution in [0.3, 0.4) is 0 Å². The van der Waals surface area contributed by atoms with Gasteiger partial charge >= 0.3 is 0 Å². The first-order valence-electron chi connectivity index (χ1n) is 6.84. The molecule has 0 atom stereocenters. The molecule has 0 aliphatic carbocycles. The van der Waals surface area contributed by atoms with Gasteiger partial charge in [0.15, 0.2) is 0 Å². The van der Waals surface area contributed by atoms with Gasteiger partial charge in [0, 0.05) is 26.3 Å². The van der Waals surface area contributed by atoms with Gasteiger partial charge in [0.2, 0.25) is 0 Å². The summed E-state index contributed by atoms with van der Waals surface area (Å²) in [4.78, 5) is 4.62. The van der Waals surface area contributed by atoms with Crippen LogP contribution in [-0.4, -0.2) is 4.98 Å². The molecule has 1 aromatic heterocycles. The maximum atomic E-state index is 4.62. The number of rotatable bonds is 0. The summed E-state index contributed by atoms with van der Waals surface area (Å²) >= 11 is 0. The minimum absolute atomic E-state index is 0. The summed E-state index contributed by atoms with van der Waals surface area (Å²) in [6, 6.07) is 18.1. The monoisotopic (exact) mass is 449 g/mol. The van der Waals surface area contributed by atoms with Gasteiger partial charge in [-0.2, -0.15) is 0 Å². The Bertz CT molecular complexity index is 1010. The van der Waals surface area contributed by atoms with Crippen molar-refractivity contribution in [1.82, 2.24) is 4.98 Å². The molecule has 1 radical (unpaired) electrons. The van der Waals surface area contributed by atoms with Crippen molar-refractivity contribution < 1.29 is 20.1 Å². The van der Waals surface area contributed by atoms with Crippen molar-refractivity contribution in [3.05, 3.63) is 59.9 Å². The molecule has 0 bridgehead atoms. The second-order valence-electron chi connectivity index (χ2n) is 5.40. The number of pyridine rings is 1. The maximum Gasteiger partial charge on any atom is 0.0167 e. The predicted octanol–water partition coefficient (Wildman–Crippen LogP) is 4.25. The molecule has 105 valence electrons. The molecule has 0 saturated carbocycles. The van der Waals surface area contributed by atoms with E-state index in [0.717, 1.165) is 10.9 Å². The zero-order valence-electron chi connectivity index (χ0n) is 11.9. The average Bonchev–Trinajstić information content (AvgIpc) is 2.47. The van der Waals surface area contributed by atoms with E-state index >= 15 is 0 Å². The SMILES string of the molecule is CC(C)=c1c2ccc[c-]c2c2nccc3cccc1c32.[Ir]. The topological polar surface area (TPSA) is 12.9 Å². The molecule has 21 heavy (non-hydrogen) atoms. The summed E-state index contributed by atoms with van der Waals surface area (Å²) in [7, 11) is 0. The van der Waals surface area contributed by atoms with E-state index in [1.165, 1.54) is 32.3 Å². The third kappa shape index (κ3) is 1.98. The summed E-state index contributed by atoms with van der Waals surface area (Å²) in [6.45, 7) is 4.35. The Morgan fingerprint density at radius 1 is 1.00 bits per heavy atom. The number of aromatic nitrogens is 1. The quantitative estimate of drug-likeness (QED) is 0.223. The molecular formula is C19H14IrN-. The van der Waals surface area contributed by atoms with Crippen LogP contribution in [0.4, 0.5) is 0 Å². The van der Waals surface area contributed by atoms with E-state index in [1.807, 2.05) is 12.3 Å². The minimum Gasteiger partial charge on any atom is -0.304 e. The van der Waals surface area contributed by atoms with Gasteiger partial charge in [-0.15, -0.1) is 29.7 Å². The van der Waals surface area contributed by atoms with Crippen molar-refractivity contribution in [1.29, 1.82) is 0 Å². The molecule has 0 N–H and O–H groups in total. The molecule has 1 nitrogen and oxygen atoms in total. The predicted molar refractivity (Wildman–Crippen MR) is 85.6 cm³/mol. The Kier molecular flexibility index (Phi) is 3.52. The molecule has 4 rings (SSSR count). The van der Waals surface area contributed by atoms with Crippen LogP contribution in [0.25, 0.3) is 38.0 Å². The van der Waals surface area contributed by atoms with Crippen LogP contribution in [-0.2, 0) is 20.1 Å². The van der Waals surface area contributed by atoms with Crippen LogP contribution in [0.15, 0.2) is 48.7 Å². The van der Waals surface area contributed by atoms with Gasteiger partial charge in [0.25, 0.3) is 0 Å². The normalized spacial score (nSPS) is 11.0. The fraction of sp³-hybridized carbons (Fsp3) is 0.105. The van der Waals surface area contributed by atoms with Crippen LogP contribution in [0, 0.1) is 6.07 Å². The standard InChI is InChI=1S/C19H14N.Ir/c1-12(2)17-14-7-3-4-8-15(14)19-18-13(10-11-20-19)6-5-9-16(17)18;/h3-7,9-11H,1-2H3;/q-1;. The van der Waals surface area contributed by atoms with Crippen LogP contribution < -0.4 is 5.22 Å². The van der Waals surface area contributed by atoms with Crippen molar-refractivity contribution in [2.24, 2.45) is 0 Å². The van der Waals surface area contributed by atoms with Crippen molar-refractivity contribution in [3.63, 3.8) is 0 Å². The second-order valence-corrected chi connectivity index (χ2v) is 5.40. The molecule has 1 heterocycles. The first-order chi connectivity index (χ1) is 9.77. The fourth-order valence-electron chi connectivity index (χ4n) is 3.15. The largest absolute Gasteiger partial charge is 0.304 e. The summed E-state index contributed by atoms with van der Waals surface area (Å²) in [6.07, 6.45) is 1.89. The van der Waals surface area contributed by atoms with Gasteiger partial charge in [-0.05, 0) is 41.6 Å². The zero-order chi connectivity index (χ0) is 13.7. The van der Waals surface area contributed by atoms with Gasteiger partial charge in [-0.3, -0.25) is 0 Å². The van der Waals surface area contributed by atoms with E-state index in [9.17, 15) is 0 Å². The number of benzene rings is 3. The van der Waals surface area contributed by atoms with Gasteiger partial charge in [-0.25, -0.2) is 0 Å². The molecule has 0 aliphatic heterocycles. The molecule has 2 heteroatoms. The molecule has 0 saturated heterocycles. The Morgan fingerprint density at radius 2 is 1.81 bits per heavy atom. The molecule has 0 unspecified atom stereocenters. The first kappa shape index (κ1) is 14.2. The number of hydrogen-bond acceptors (Lipinski definition) is 1. The van der Waals surface area contributed by atoms with E-state index < -0.39 is 0 Å². The molecule has 0 fully saturated rings. The second kappa shape index (κ2) is 5.22. The Labute approximate surface area is 137 Å². The Morgan fingerprint density at radius 3 is 2.62 bits per heavy atom. The van der Waals surface area contributed by atoms with Gasteiger partial charge in [0.05, 0.1) is 0 Å². The van der Waals surface area contributed by atoms with Crippen molar-refractivity contribution in [2.75, 3.05) is 0 Å². The van der Waals surface area contributed by atoms with Crippen LogP contribution >= 0.6 is 0 Å². The molecule has 4 aromatic rings. The van der Waals surface area contributed by atoms with Gasteiger partial charge in [-0.1, -0.05) is 34.4 Å². The van der Waals surface area contributed by atoms with E-state index in [2.05, 4.69) is 61.3 Å². The number of hydrogen-bond donors (Lipinski definition) is 0. The third-order valence-corrected chi connectivity index (χ3v) is 3.92. The van der Waals surface area contributed by atoms with E-state index in [1.54, 1.807) is 0 Å². The van der Waals surface area contributed by atoms with Crippen molar-refractivity contribution in [3.8, 4) is 0 Å². The summed E-state index contributed by atoms with van der Waals surface area (Å²) in [5.74, 6) is 0. The maximum absolute atomic E-state index is 4.62. The molecule has 3 aromatic carbocycles. The van der Waals surface area contributed by atoms with Crippen molar-refractivity contribution >= 4 is 38.0 Å². The Hall–Kier alpha value is -1.76. The van der Waals surface area contributed by atoms with Gasteiger partial charge < -0.3 is 4.98 Å². The van der Waals surface area contributed by atoms with Crippen LogP contribution in [0.1, 0.15) is 13.8 Å². The number of nitrogens with zero attached hydrogens (tertiary/aromatic N) is 1. The van der Waals surface area contributed by atoms with Crippen LogP contribution in [0.5, 0.6) is 0 Å². The van der Waals surface area contributed by atoms with Crippen LogP contribution in [0.2, 0.25) is 0 Å². The van der Waals surface area contributed by atoms with E-state index in [-0.39, 0.29) is 20.1 Å². The summed E-state index contributed by atoms with van der Waals surface area (Å²) in [5, 5.41) is 7.47.